The van der Waals surface area contributed by atoms with Gasteiger partial charge in [0.25, 0.3) is 0 Å². The van der Waals surface area contributed by atoms with Crippen LogP contribution in [0.4, 0.5) is 0 Å². The van der Waals surface area contributed by atoms with Gasteiger partial charge in [-0.1, -0.05) is 119 Å². The molecular formula is C49H59N. The van der Waals surface area contributed by atoms with E-state index in [-0.39, 0.29) is 0 Å². The third-order valence-electron chi connectivity index (χ3n) is 10.9. The summed E-state index contributed by atoms with van der Waals surface area (Å²) in [5.41, 5.74) is 17.3. The van der Waals surface area contributed by atoms with Crippen LogP contribution in [0.1, 0.15) is 101 Å². The molecule has 0 saturated carbocycles. The fourth-order valence-corrected chi connectivity index (χ4v) is 7.52. The van der Waals surface area contributed by atoms with Gasteiger partial charge in [0.1, 0.15) is 0 Å². The Morgan fingerprint density at radius 2 is 1.26 bits per heavy atom. The van der Waals surface area contributed by atoms with E-state index >= 15 is 0 Å². The van der Waals surface area contributed by atoms with Crippen molar-refractivity contribution in [2.45, 2.75) is 101 Å². The number of aryl methyl sites for hydroxylation is 2. The molecule has 0 N–H and O–H groups in total. The molecule has 0 spiro atoms. The van der Waals surface area contributed by atoms with Crippen molar-refractivity contribution in [3.05, 3.63) is 136 Å². The minimum absolute atomic E-state index is 0.925. The molecule has 50 heavy (non-hydrogen) atoms. The standard InChI is InChI=1S/C49H59N/c1-11-15-25-50(26-16-12-2)32-47-46(41-28-35(8)37(10)36(9)29-41)31-40-22-18-20-24-44(40)49(47)48-42(14-4)45(30-39-21-17-19-23-43(39)48)38(13-3)27-34(7)33(5)6/h13,17-24,27-31H,5,11-12,14-16,25-26,32H2,1-4,6-10H3/b34-27-,38-13+. The van der Waals surface area contributed by atoms with Crippen LogP contribution in [-0.2, 0) is 13.0 Å². The highest BCUT2D eigenvalue weighted by Crippen LogP contribution is 2.46. The Bertz CT molecular complexity index is 2040. The summed E-state index contributed by atoms with van der Waals surface area (Å²) < 4.78 is 0. The SMILES string of the molecule is C=C(C)/C(C)=C\C(=C/C)c1cc2ccccc2c(-c2c(CN(CCCC)CCCC)c(-c3cc(C)c(C)c(C)c3)cc3ccccc23)c1CC. The first kappa shape index (κ1) is 37.1. The summed E-state index contributed by atoms with van der Waals surface area (Å²) in [6, 6.07) is 28.0. The summed E-state index contributed by atoms with van der Waals surface area (Å²) >= 11 is 0. The molecule has 5 aromatic rings. The van der Waals surface area contributed by atoms with Crippen molar-refractivity contribution in [2.24, 2.45) is 0 Å². The third kappa shape index (κ3) is 7.74. The second-order valence-electron chi connectivity index (χ2n) is 14.4. The van der Waals surface area contributed by atoms with Crippen molar-refractivity contribution in [3.8, 4) is 22.3 Å². The zero-order valence-corrected chi connectivity index (χ0v) is 32.4. The lowest BCUT2D eigenvalue weighted by Gasteiger charge is -2.29. The van der Waals surface area contributed by atoms with Crippen LogP contribution >= 0.6 is 0 Å². The lowest BCUT2D eigenvalue weighted by Crippen LogP contribution is -2.26. The first-order chi connectivity index (χ1) is 24.1. The van der Waals surface area contributed by atoms with Gasteiger partial charge in [-0.2, -0.15) is 0 Å². The molecule has 0 aliphatic carbocycles. The van der Waals surface area contributed by atoms with Crippen molar-refractivity contribution in [2.75, 3.05) is 13.1 Å². The summed E-state index contributed by atoms with van der Waals surface area (Å²) in [5.74, 6) is 0. The molecule has 0 fully saturated rings. The normalized spacial score (nSPS) is 12.4. The lowest BCUT2D eigenvalue weighted by atomic mass is 9.79. The average molecular weight is 662 g/mol. The molecule has 1 nitrogen and oxygen atoms in total. The molecule has 0 heterocycles. The van der Waals surface area contributed by atoms with Gasteiger partial charge in [0.05, 0.1) is 0 Å². The van der Waals surface area contributed by atoms with E-state index < -0.39 is 0 Å². The number of allylic oxidation sites excluding steroid dienone is 5. The fraction of sp³-hybridized carbons (Fsp3) is 0.347. The summed E-state index contributed by atoms with van der Waals surface area (Å²) in [6.45, 7) is 27.7. The van der Waals surface area contributed by atoms with E-state index in [9.17, 15) is 0 Å². The Morgan fingerprint density at radius 3 is 1.78 bits per heavy atom. The van der Waals surface area contributed by atoms with Crippen LogP contribution in [0.25, 0.3) is 49.4 Å². The van der Waals surface area contributed by atoms with E-state index in [1.54, 1.807) is 0 Å². The minimum Gasteiger partial charge on any atom is -0.299 e. The molecule has 0 aliphatic heterocycles. The Morgan fingerprint density at radius 1 is 0.720 bits per heavy atom. The van der Waals surface area contributed by atoms with Crippen LogP contribution < -0.4 is 0 Å². The molecule has 0 atom stereocenters. The van der Waals surface area contributed by atoms with Gasteiger partial charge >= 0.3 is 0 Å². The van der Waals surface area contributed by atoms with Crippen LogP contribution in [0.3, 0.4) is 0 Å². The molecule has 0 aliphatic rings. The number of nitrogens with zero attached hydrogens (tertiary/aromatic N) is 1. The van der Waals surface area contributed by atoms with Gasteiger partial charge in [-0.05, 0) is 174 Å². The number of hydrogen-bond donors (Lipinski definition) is 0. The van der Waals surface area contributed by atoms with E-state index in [1.165, 1.54) is 114 Å². The number of rotatable bonds is 14. The summed E-state index contributed by atoms with van der Waals surface area (Å²) in [5, 5.41) is 5.25. The van der Waals surface area contributed by atoms with Gasteiger partial charge in [0.2, 0.25) is 0 Å². The maximum Gasteiger partial charge on any atom is 0.0246 e. The van der Waals surface area contributed by atoms with Crippen molar-refractivity contribution in [1.82, 2.24) is 4.90 Å². The predicted octanol–water partition coefficient (Wildman–Crippen LogP) is 14.1. The van der Waals surface area contributed by atoms with Crippen LogP contribution in [0.5, 0.6) is 0 Å². The van der Waals surface area contributed by atoms with Crippen molar-refractivity contribution in [1.29, 1.82) is 0 Å². The topological polar surface area (TPSA) is 3.24 Å². The molecule has 0 unspecified atom stereocenters. The molecule has 0 amide bonds. The first-order valence-corrected chi connectivity index (χ1v) is 19.0. The highest BCUT2D eigenvalue weighted by molar-refractivity contribution is 6.11. The van der Waals surface area contributed by atoms with Crippen molar-refractivity contribution in [3.63, 3.8) is 0 Å². The molecule has 0 aromatic heterocycles. The van der Waals surface area contributed by atoms with Gasteiger partial charge in [0, 0.05) is 6.54 Å². The molecule has 5 rings (SSSR count). The number of hydrogen-bond acceptors (Lipinski definition) is 1. The van der Waals surface area contributed by atoms with E-state index in [0.29, 0.717) is 0 Å². The van der Waals surface area contributed by atoms with Crippen LogP contribution in [-0.4, -0.2) is 18.0 Å². The van der Waals surface area contributed by atoms with E-state index in [4.69, 9.17) is 0 Å². The molecule has 5 aromatic carbocycles. The molecule has 0 radical (unpaired) electrons. The Hall–Kier alpha value is -4.20. The van der Waals surface area contributed by atoms with Gasteiger partial charge in [0.15, 0.2) is 0 Å². The smallest absolute Gasteiger partial charge is 0.0246 e. The van der Waals surface area contributed by atoms with Gasteiger partial charge in [-0.3, -0.25) is 4.90 Å². The molecule has 0 bridgehead atoms. The van der Waals surface area contributed by atoms with Crippen LogP contribution in [0, 0.1) is 20.8 Å². The number of benzene rings is 5. The summed E-state index contributed by atoms with van der Waals surface area (Å²) in [4.78, 5) is 2.74. The summed E-state index contributed by atoms with van der Waals surface area (Å²) in [6.07, 6.45) is 10.4. The first-order valence-electron chi connectivity index (χ1n) is 19.0. The van der Waals surface area contributed by atoms with Crippen molar-refractivity contribution >= 4 is 27.1 Å². The third-order valence-corrected chi connectivity index (χ3v) is 10.9. The Kier molecular flexibility index (Phi) is 12.4. The largest absolute Gasteiger partial charge is 0.299 e. The highest BCUT2D eigenvalue weighted by Gasteiger charge is 2.24. The zero-order valence-electron chi connectivity index (χ0n) is 32.4. The lowest BCUT2D eigenvalue weighted by molar-refractivity contribution is 0.258. The van der Waals surface area contributed by atoms with Crippen LogP contribution in [0.2, 0.25) is 0 Å². The fourth-order valence-electron chi connectivity index (χ4n) is 7.52. The summed E-state index contributed by atoms with van der Waals surface area (Å²) in [7, 11) is 0. The van der Waals surface area contributed by atoms with E-state index in [1.807, 2.05) is 0 Å². The van der Waals surface area contributed by atoms with E-state index in [2.05, 4.69) is 159 Å². The van der Waals surface area contributed by atoms with Gasteiger partial charge in [-0.25, -0.2) is 0 Å². The average Bonchev–Trinajstić information content (AvgIpc) is 3.12. The second kappa shape index (κ2) is 16.7. The zero-order chi connectivity index (χ0) is 35.9. The number of fused-ring (bicyclic) bond motifs is 2. The van der Waals surface area contributed by atoms with Crippen molar-refractivity contribution < 1.29 is 0 Å². The number of unbranched alkanes of at least 4 members (excludes halogenated alkanes) is 2. The second-order valence-corrected chi connectivity index (χ2v) is 14.4. The Labute approximate surface area is 303 Å². The molecular weight excluding hydrogens is 603 g/mol. The maximum absolute atomic E-state index is 4.27. The Balaban J connectivity index is 1.99. The van der Waals surface area contributed by atoms with Gasteiger partial charge < -0.3 is 0 Å². The van der Waals surface area contributed by atoms with Gasteiger partial charge in [-0.15, -0.1) is 0 Å². The maximum atomic E-state index is 4.27. The highest BCUT2D eigenvalue weighted by atomic mass is 15.1. The minimum atomic E-state index is 0.925. The van der Waals surface area contributed by atoms with E-state index in [0.717, 1.165) is 31.6 Å². The monoisotopic (exact) mass is 661 g/mol. The quantitative estimate of drug-likeness (QED) is 0.107. The van der Waals surface area contributed by atoms with Crippen LogP contribution in [0.15, 0.2) is 103 Å². The molecule has 260 valence electrons. The molecule has 0 saturated heterocycles. The predicted molar refractivity (Wildman–Crippen MR) is 223 cm³/mol. The molecule has 1 heteroatoms.